The highest BCUT2D eigenvalue weighted by atomic mass is 16.5. The third-order valence-corrected chi connectivity index (χ3v) is 3.29. The number of benzene rings is 1. The molecule has 0 fully saturated rings. The standard InChI is InChI=1S/C15H18O5/c1-15(2)8-10-9(11(16)5-7-13(17)18)4-6-12(19-3)14(10)20-15/h4,6H,5,7-8H2,1-3H3,(H,17,18). The largest absolute Gasteiger partial charge is 0.493 e. The van der Waals surface area contributed by atoms with Crippen LogP contribution in [0, 0.1) is 0 Å². The highest BCUT2D eigenvalue weighted by molar-refractivity contribution is 5.99. The van der Waals surface area contributed by atoms with Crippen molar-refractivity contribution in [3.63, 3.8) is 0 Å². The second-order valence-corrected chi connectivity index (χ2v) is 5.48. The van der Waals surface area contributed by atoms with E-state index < -0.39 is 11.6 Å². The molecule has 1 aromatic rings. The first-order valence-corrected chi connectivity index (χ1v) is 6.48. The zero-order chi connectivity index (χ0) is 14.9. The van der Waals surface area contributed by atoms with E-state index in [0.29, 0.717) is 23.5 Å². The maximum absolute atomic E-state index is 12.2. The van der Waals surface area contributed by atoms with Gasteiger partial charge in [0.05, 0.1) is 13.5 Å². The summed E-state index contributed by atoms with van der Waals surface area (Å²) in [6.07, 6.45) is 0.437. The average Bonchev–Trinajstić information content (AvgIpc) is 2.69. The first-order valence-electron chi connectivity index (χ1n) is 6.48. The lowest BCUT2D eigenvalue weighted by Gasteiger charge is -2.17. The molecule has 5 heteroatoms. The summed E-state index contributed by atoms with van der Waals surface area (Å²) in [6.45, 7) is 3.88. The minimum atomic E-state index is -0.972. The molecule has 1 aliphatic rings. The van der Waals surface area contributed by atoms with Gasteiger partial charge in [0, 0.05) is 24.0 Å². The van der Waals surface area contributed by atoms with Crippen LogP contribution < -0.4 is 9.47 Å². The first-order chi connectivity index (χ1) is 9.34. The molecule has 0 radical (unpaired) electrons. The Balaban J connectivity index is 2.35. The number of carbonyl (C=O) groups excluding carboxylic acids is 1. The van der Waals surface area contributed by atoms with E-state index in [4.69, 9.17) is 14.6 Å². The summed E-state index contributed by atoms with van der Waals surface area (Å²) in [7, 11) is 1.55. The van der Waals surface area contributed by atoms with Crippen molar-refractivity contribution in [1.29, 1.82) is 0 Å². The molecule has 1 heterocycles. The van der Waals surface area contributed by atoms with E-state index in [1.807, 2.05) is 13.8 Å². The lowest BCUT2D eigenvalue weighted by molar-refractivity contribution is -0.136. The van der Waals surface area contributed by atoms with Crippen molar-refractivity contribution in [2.45, 2.75) is 38.7 Å². The van der Waals surface area contributed by atoms with E-state index in [-0.39, 0.29) is 18.6 Å². The van der Waals surface area contributed by atoms with Crippen LogP contribution in [0.3, 0.4) is 0 Å². The van der Waals surface area contributed by atoms with Gasteiger partial charge in [-0.05, 0) is 26.0 Å². The minimum absolute atomic E-state index is 0.00543. The van der Waals surface area contributed by atoms with E-state index in [2.05, 4.69) is 0 Å². The lowest BCUT2D eigenvalue weighted by Crippen LogP contribution is -2.25. The Hall–Kier alpha value is -2.04. The number of carbonyl (C=O) groups is 2. The van der Waals surface area contributed by atoms with Crippen molar-refractivity contribution in [3.05, 3.63) is 23.3 Å². The summed E-state index contributed by atoms with van der Waals surface area (Å²) in [5.41, 5.74) is 0.955. The smallest absolute Gasteiger partial charge is 0.303 e. The Morgan fingerprint density at radius 2 is 2.05 bits per heavy atom. The monoisotopic (exact) mass is 278 g/mol. The molecular weight excluding hydrogens is 260 g/mol. The van der Waals surface area contributed by atoms with Gasteiger partial charge in [-0.2, -0.15) is 0 Å². The summed E-state index contributed by atoms with van der Waals surface area (Å²) in [5.74, 6) is 0.0479. The van der Waals surface area contributed by atoms with Crippen LogP contribution in [0.1, 0.15) is 42.6 Å². The molecule has 0 saturated carbocycles. The maximum Gasteiger partial charge on any atom is 0.303 e. The van der Waals surface area contributed by atoms with Crippen LogP contribution in [0.4, 0.5) is 0 Å². The number of hydrogen-bond donors (Lipinski definition) is 1. The second kappa shape index (κ2) is 5.15. The number of hydrogen-bond acceptors (Lipinski definition) is 4. The van der Waals surface area contributed by atoms with Gasteiger partial charge >= 0.3 is 5.97 Å². The summed E-state index contributed by atoms with van der Waals surface area (Å²) in [4.78, 5) is 22.7. The van der Waals surface area contributed by atoms with Gasteiger partial charge in [0.2, 0.25) is 0 Å². The molecule has 1 aliphatic heterocycles. The van der Waals surface area contributed by atoms with Crippen molar-refractivity contribution in [2.75, 3.05) is 7.11 Å². The zero-order valence-corrected chi connectivity index (χ0v) is 11.9. The molecule has 2 rings (SSSR count). The van der Waals surface area contributed by atoms with Gasteiger partial charge in [-0.25, -0.2) is 0 Å². The highest BCUT2D eigenvalue weighted by Gasteiger charge is 2.35. The molecular formula is C15H18O5. The summed E-state index contributed by atoms with van der Waals surface area (Å²) >= 11 is 0. The molecule has 0 unspecified atom stereocenters. The number of fused-ring (bicyclic) bond motifs is 1. The molecule has 1 N–H and O–H groups in total. The maximum atomic E-state index is 12.2. The van der Waals surface area contributed by atoms with Gasteiger partial charge in [-0.1, -0.05) is 0 Å². The average molecular weight is 278 g/mol. The molecule has 5 nitrogen and oxygen atoms in total. The Kier molecular flexibility index (Phi) is 3.70. The molecule has 0 saturated heterocycles. The van der Waals surface area contributed by atoms with Gasteiger partial charge in [-0.15, -0.1) is 0 Å². The van der Waals surface area contributed by atoms with Crippen molar-refractivity contribution in [1.82, 2.24) is 0 Å². The fraction of sp³-hybridized carbons (Fsp3) is 0.467. The van der Waals surface area contributed by atoms with E-state index in [1.165, 1.54) is 0 Å². The Morgan fingerprint density at radius 3 is 2.65 bits per heavy atom. The Labute approximate surface area is 117 Å². The summed E-state index contributed by atoms with van der Waals surface area (Å²) in [6, 6.07) is 3.38. The van der Waals surface area contributed by atoms with Gasteiger partial charge < -0.3 is 14.6 Å². The number of carboxylic acid groups (broad SMARTS) is 1. The van der Waals surface area contributed by atoms with E-state index in [0.717, 1.165) is 5.56 Å². The number of ether oxygens (including phenoxy) is 2. The predicted octanol–water partition coefficient (Wildman–Crippen LogP) is 2.46. The molecule has 0 aromatic heterocycles. The summed E-state index contributed by atoms with van der Waals surface area (Å²) in [5, 5.41) is 8.67. The number of Topliss-reactive ketones (excluding diaryl/α,β-unsaturated/α-hetero) is 1. The van der Waals surface area contributed by atoms with Crippen LogP contribution in [0.2, 0.25) is 0 Å². The van der Waals surface area contributed by atoms with Crippen LogP contribution in [-0.2, 0) is 11.2 Å². The molecule has 0 spiro atoms. The van der Waals surface area contributed by atoms with Crippen LogP contribution in [0.5, 0.6) is 11.5 Å². The fourth-order valence-corrected chi connectivity index (χ4v) is 2.41. The number of methoxy groups -OCH3 is 1. The second-order valence-electron chi connectivity index (χ2n) is 5.48. The molecule has 1 aromatic carbocycles. The minimum Gasteiger partial charge on any atom is -0.493 e. The molecule has 108 valence electrons. The van der Waals surface area contributed by atoms with E-state index in [9.17, 15) is 9.59 Å². The van der Waals surface area contributed by atoms with Crippen LogP contribution >= 0.6 is 0 Å². The zero-order valence-electron chi connectivity index (χ0n) is 11.9. The third kappa shape index (κ3) is 2.76. The molecule has 0 bridgehead atoms. The van der Waals surface area contributed by atoms with Gasteiger partial charge in [0.15, 0.2) is 17.3 Å². The van der Waals surface area contributed by atoms with Gasteiger partial charge in [0.1, 0.15) is 5.60 Å². The Morgan fingerprint density at radius 1 is 1.35 bits per heavy atom. The quantitative estimate of drug-likeness (QED) is 0.837. The van der Waals surface area contributed by atoms with Crippen LogP contribution in [-0.4, -0.2) is 29.6 Å². The number of ketones is 1. The SMILES string of the molecule is COc1ccc(C(=O)CCC(=O)O)c2c1OC(C)(C)C2. The third-order valence-electron chi connectivity index (χ3n) is 3.29. The number of aliphatic carboxylic acids is 1. The fourth-order valence-electron chi connectivity index (χ4n) is 2.41. The number of rotatable bonds is 5. The summed E-state index contributed by atoms with van der Waals surface area (Å²) < 4.78 is 11.1. The van der Waals surface area contributed by atoms with Gasteiger partial charge in [0.25, 0.3) is 0 Å². The van der Waals surface area contributed by atoms with Crippen molar-refractivity contribution in [3.8, 4) is 11.5 Å². The molecule has 20 heavy (non-hydrogen) atoms. The van der Waals surface area contributed by atoms with Crippen LogP contribution in [0.15, 0.2) is 12.1 Å². The first kappa shape index (κ1) is 14.4. The van der Waals surface area contributed by atoms with Crippen LogP contribution in [0.25, 0.3) is 0 Å². The van der Waals surface area contributed by atoms with E-state index in [1.54, 1.807) is 19.2 Å². The topological polar surface area (TPSA) is 72.8 Å². The molecule has 0 atom stereocenters. The number of carboxylic acids is 1. The lowest BCUT2D eigenvalue weighted by atomic mass is 9.94. The normalized spacial score (nSPS) is 15.3. The molecule has 0 aliphatic carbocycles. The van der Waals surface area contributed by atoms with Crippen molar-refractivity contribution < 1.29 is 24.2 Å². The predicted molar refractivity (Wildman–Crippen MR) is 72.6 cm³/mol. The van der Waals surface area contributed by atoms with Gasteiger partial charge in [-0.3, -0.25) is 9.59 Å². The van der Waals surface area contributed by atoms with Crippen molar-refractivity contribution >= 4 is 11.8 Å². The van der Waals surface area contributed by atoms with E-state index >= 15 is 0 Å². The highest BCUT2D eigenvalue weighted by Crippen LogP contribution is 2.43. The molecule has 0 amide bonds. The van der Waals surface area contributed by atoms with Crippen molar-refractivity contribution in [2.24, 2.45) is 0 Å². The Bertz CT molecular complexity index is 560.